The Morgan fingerprint density at radius 3 is 1.41 bits per heavy atom. The molecule has 0 saturated carbocycles. The van der Waals surface area contributed by atoms with Crippen LogP contribution in [0, 0.1) is 6.92 Å². The molecule has 1 rings (SSSR count). The molecule has 32 heavy (non-hydrogen) atoms. The van der Waals surface area contributed by atoms with Crippen LogP contribution >= 0.6 is 10.3 Å². The number of aryl methyl sites for hydroxylation is 1. The highest BCUT2D eigenvalue weighted by molar-refractivity contribution is 8.32. The van der Waals surface area contributed by atoms with Crippen molar-refractivity contribution in [2.45, 2.75) is 121 Å². The third kappa shape index (κ3) is 14.6. The van der Waals surface area contributed by atoms with E-state index in [4.69, 9.17) is 3.63 Å². The molecule has 0 unspecified atom stereocenters. The molecule has 5 heteroatoms. The molecule has 0 amide bonds. The highest BCUT2D eigenvalue weighted by atomic mass is 32.3. The number of benzene rings is 1. The molecule has 0 aliphatic rings. The van der Waals surface area contributed by atoms with Gasteiger partial charge in [-0.15, -0.1) is 10.3 Å². The quantitative estimate of drug-likeness (QED) is 0.173. The van der Waals surface area contributed by atoms with E-state index >= 15 is 0 Å². The second-order valence-corrected chi connectivity index (χ2v) is 15.0. The summed E-state index contributed by atoms with van der Waals surface area (Å²) in [5.41, 5.74) is 1.05. The number of rotatable bonds is 20. The first-order valence-corrected chi connectivity index (χ1v) is 17.0. The maximum absolute atomic E-state index is 12.5. The van der Waals surface area contributed by atoms with Crippen LogP contribution in [0.1, 0.15) is 115 Å². The Morgan fingerprint density at radius 1 is 0.625 bits per heavy atom. The van der Waals surface area contributed by atoms with Gasteiger partial charge in [0.2, 0.25) is 0 Å². The van der Waals surface area contributed by atoms with E-state index < -0.39 is 20.4 Å². The molecule has 0 radical (unpaired) electrons. The first kappa shape index (κ1) is 29.5. The van der Waals surface area contributed by atoms with E-state index in [0.717, 1.165) is 17.7 Å². The van der Waals surface area contributed by atoms with Crippen LogP contribution in [0.15, 0.2) is 29.2 Å². The molecule has 188 valence electrons. The molecule has 0 N–H and O–H groups in total. The fourth-order valence-corrected chi connectivity index (χ4v) is 7.91. The molecule has 0 bridgehead atoms. The van der Waals surface area contributed by atoms with E-state index in [-0.39, 0.29) is 4.90 Å². The fraction of sp³-hybridized carbons (Fsp3) is 0.778. The van der Waals surface area contributed by atoms with E-state index in [9.17, 15) is 8.42 Å². The summed E-state index contributed by atoms with van der Waals surface area (Å²) in [6.07, 6.45) is 25.5. The summed E-state index contributed by atoms with van der Waals surface area (Å²) < 4.78 is 30.7. The lowest BCUT2D eigenvalue weighted by Crippen LogP contribution is -2.13. The summed E-state index contributed by atoms with van der Waals surface area (Å²) in [6, 6.07) is 6.89. The molecule has 3 nitrogen and oxygen atoms in total. The monoisotopic (exact) mass is 486 g/mol. The van der Waals surface area contributed by atoms with E-state index in [2.05, 4.69) is 6.92 Å². The van der Waals surface area contributed by atoms with Crippen molar-refractivity contribution in [3.63, 3.8) is 0 Å². The van der Waals surface area contributed by atoms with Crippen molar-refractivity contribution >= 4 is 20.4 Å². The minimum absolute atomic E-state index is 0.260. The Bertz CT molecular complexity index is 681. The molecule has 0 atom stereocenters. The van der Waals surface area contributed by atoms with E-state index in [1.54, 1.807) is 12.1 Å². The van der Waals surface area contributed by atoms with Gasteiger partial charge in [0.05, 0.1) is 4.90 Å². The Morgan fingerprint density at radius 2 is 1.00 bits per heavy atom. The first-order chi connectivity index (χ1) is 15.3. The van der Waals surface area contributed by atoms with Crippen molar-refractivity contribution in [1.82, 2.24) is 0 Å². The smallest absolute Gasteiger partial charge is 0.217 e. The summed E-state index contributed by atoms with van der Waals surface area (Å²) in [4.78, 5) is 0.260. The molecule has 0 aliphatic carbocycles. The van der Waals surface area contributed by atoms with E-state index in [1.807, 2.05) is 31.6 Å². The van der Waals surface area contributed by atoms with Gasteiger partial charge in [0, 0.05) is 0 Å². The molecule has 0 aromatic heterocycles. The van der Waals surface area contributed by atoms with Crippen molar-refractivity contribution in [3.8, 4) is 0 Å². The average Bonchev–Trinajstić information content (AvgIpc) is 2.73. The SMILES string of the molecule is CCCCCCCCCCCCCCCCCCS(C)(C)OS(=O)(=O)c1ccc(C)cc1. The van der Waals surface area contributed by atoms with Crippen LogP contribution in [0.5, 0.6) is 0 Å². The molecule has 1 aromatic rings. The number of unbranched alkanes of at least 4 members (excludes halogenated alkanes) is 15. The molecule has 0 aliphatic heterocycles. The topological polar surface area (TPSA) is 43.4 Å². The summed E-state index contributed by atoms with van der Waals surface area (Å²) in [5, 5.41) is 0. The van der Waals surface area contributed by atoms with Crippen LogP contribution in [0.3, 0.4) is 0 Å². The lowest BCUT2D eigenvalue weighted by atomic mass is 10.0. The predicted octanol–water partition coefficient (Wildman–Crippen LogP) is 8.94. The van der Waals surface area contributed by atoms with Crippen LogP contribution in [0.4, 0.5) is 0 Å². The van der Waals surface area contributed by atoms with Crippen LogP contribution < -0.4 is 0 Å². The molecule has 0 fully saturated rings. The van der Waals surface area contributed by atoms with Crippen molar-refractivity contribution in [2.75, 3.05) is 18.3 Å². The largest absolute Gasteiger partial charge is 0.306 e. The van der Waals surface area contributed by atoms with Crippen molar-refractivity contribution in [1.29, 1.82) is 0 Å². The van der Waals surface area contributed by atoms with Crippen LogP contribution in [-0.4, -0.2) is 26.7 Å². The Kier molecular flexibility index (Phi) is 15.7. The second kappa shape index (κ2) is 17.0. The van der Waals surface area contributed by atoms with E-state index in [1.165, 1.54) is 96.3 Å². The van der Waals surface area contributed by atoms with Gasteiger partial charge in [-0.3, -0.25) is 0 Å². The lowest BCUT2D eigenvalue weighted by Gasteiger charge is -2.29. The van der Waals surface area contributed by atoms with Gasteiger partial charge in [0.15, 0.2) is 0 Å². The molecule has 0 spiro atoms. The zero-order chi connectivity index (χ0) is 23.7. The van der Waals surface area contributed by atoms with Gasteiger partial charge in [-0.25, -0.2) is 3.63 Å². The normalized spacial score (nSPS) is 12.9. The summed E-state index contributed by atoms with van der Waals surface area (Å²) in [6.45, 7) is 4.23. The lowest BCUT2D eigenvalue weighted by molar-refractivity contribution is 0.510. The van der Waals surface area contributed by atoms with Crippen molar-refractivity contribution in [3.05, 3.63) is 29.8 Å². The summed E-state index contributed by atoms with van der Waals surface area (Å²) in [7, 11) is -5.27. The molecular weight excluding hydrogens is 436 g/mol. The zero-order valence-corrected chi connectivity index (χ0v) is 23.0. The third-order valence-electron chi connectivity index (χ3n) is 6.07. The van der Waals surface area contributed by atoms with Gasteiger partial charge in [-0.05, 0) is 43.7 Å². The Hall–Kier alpha value is -0.520. The second-order valence-electron chi connectivity index (χ2n) is 9.78. The highest BCUT2D eigenvalue weighted by Crippen LogP contribution is 2.45. The van der Waals surface area contributed by atoms with Crippen LogP contribution in [-0.2, 0) is 13.7 Å². The average molecular weight is 487 g/mol. The van der Waals surface area contributed by atoms with Crippen LogP contribution in [0.25, 0.3) is 0 Å². The Balaban J connectivity index is 2.00. The zero-order valence-electron chi connectivity index (χ0n) is 21.4. The maximum atomic E-state index is 12.5. The van der Waals surface area contributed by atoms with E-state index in [0.29, 0.717) is 0 Å². The Labute approximate surface area is 201 Å². The standard InChI is InChI=1S/C27H50O3S2/c1-5-6-7-8-9-10-11-12-13-14-15-16-17-18-19-20-25-31(3,4)30-32(28,29)27-23-21-26(2)22-24-27/h21-24H,5-20,25H2,1-4H3. The van der Waals surface area contributed by atoms with Gasteiger partial charge in [-0.2, -0.15) is 8.42 Å². The van der Waals surface area contributed by atoms with Gasteiger partial charge < -0.3 is 0 Å². The summed E-state index contributed by atoms with van der Waals surface area (Å²) >= 11 is 0. The van der Waals surface area contributed by atoms with Gasteiger partial charge in [0.25, 0.3) is 0 Å². The predicted molar refractivity (Wildman–Crippen MR) is 143 cm³/mol. The highest BCUT2D eigenvalue weighted by Gasteiger charge is 2.24. The van der Waals surface area contributed by atoms with Crippen molar-refractivity contribution in [2.24, 2.45) is 0 Å². The van der Waals surface area contributed by atoms with Gasteiger partial charge in [0.1, 0.15) is 0 Å². The molecular formula is C27H50O3S2. The number of hydrogen-bond donors (Lipinski definition) is 0. The number of hydrogen-bond acceptors (Lipinski definition) is 3. The summed E-state index contributed by atoms with van der Waals surface area (Å²) in [5.74, 6) is 0.844. The third-order valence-corrected chi connectivity index (χ3v) is 10.4. The maximum Gasteiger partial charge on any atom is 0.306 e. The minimum Gasteiger partial charge on any atom is -0.217 e. The minimum atomic E-state index is -3.67. The molecule has 0 saturated heterocycles. The first-order valence-electron chi connectivity index (χ1n) is 13.0. The fourth-order valence-electron chi connectivity index (χ4n) is 4.02. The van der Waals surface area contributed by atoms with Crippen molar-refractivity contribution < 1.29 is 12.0 Å². The molecule has 0 heterocycles. The molecule has 1 aromatic carbocycles. The van der Waals surface area contributed by atoms with Crippen LogP contribution in [0.2, 0.25) is 0 Å². The van der Waals surface area contributed by atoms with Gasteiger partial charge >= 0.3 is 10.1 Å². The van der Waals surface area contributed by atoms with Gasteiger partial charge in [-0.1, -0.05) is 121 Å².